The van der Waals surface area contributed by atoms with E-state index in [0.29, 0.717) is 11.5 Å². The summed E-state index contributed by atoms with van der Waals surface area (Å²) in [6.45, 7) is 6.32. The fourth-order valence-electron chi connectivity index (χ4n) is 2.05. The molecule has 0 spiro atoms. The van der Waals surface area contributed by atoms with Crippen LogP contribution in [0.1, 0.15) is 42.5 Å². The van der Waals surface area contributed by atoms with Gasteiger partial charge in [0.25, 0.3) is 0 Å². The van der Waals surface area contributed by atoms with Crippen LogP contribution in [0, 0.1) is 18.3 Å². The third-order valence-corrected chi connectivity index (χ3v) is 4.44. The second-order valence-electron chi connectivity index (χ2n) is 5.00. The molecule has 1 heterocycles. The predicted octanol–water partition coefficient (Wildman–Crippen LogP) is 4.94. The quantitative estimate of drug-likeness (QED) is 0.795. The monoisotopic (exact) mass is 297 g/mol. The van der Waals surface area contributed by atoms with Crippen LogP contribution in [-0.2, 0) is 0 Å². The summed E-state index contributed by atoms with van der Waals surface area (Å²) < 4.78 is 0. The zero-order valence-corrected chi connectivity index (χ0v) is 13.4. The van der Waals surface area contributed by atoms with Crippen molar-refractivity contribution < 1.29 is 0 Å². The first-order chi connectivity index (χ1) is 10.2. The third-order valence-electron chi connectivity index (χ3n) is 3.45. The number of allylic oxidation sites excluding steroid dienone is 1. The van der Waals surface area contributed by atoms with E-state index in [1.54, 1.807) is 6.20 Å². The van der Waals surface area contributed by atoms with Crippen LogP contribution in [0.15, 0.2) is 35.8 Å². The molecule has 0 aliphatic heterocycles. The molecule has 0 aliphatic carbocycles. The summed E-state index contributed by atoms with van der Waals surface area (Å²) in [5.74, 6) is 0.481. The SMILES string of the molecule is CC[C@H](C)c1ccccc1N/C=C(\C#N)c1nc(C)cs1. The molecule has 1 aromatic carbocycles. The Bertz CT molecular complexity index is 679. The highest BCUT2D eigenvalue weighted by Gasteiger charge is 2.09. The Labute approximate surface area is 130 Å². The number of aromatic nitrogens is 1. The molecule has 0 unspecified atom stereocenters. The average molecular weight is 297 g/mol. The van der Waals surface area contributed by atoms with Gasteiger partial charge < -0.3 is 5.32 Å². The summed E-state index contributed by atoms with van der Waals surface area (Å²) in [6, 6.07) is 10.4. The van der Waals surface area contributed by atoms with Gasteiger partial charge in [-0.3, -0.25) is 0 Å². The lowest BCUT2D eigenvalue weighted by Gasteiger charge is -2.14. The molecule has 2 rings (SSSR count). The molecule has 0 aliphatic rings. The van der Waals surface area contributed by atoms with E-state index in [0.717, 1.165) is 22.8 Å². The van der Waals surface area contributed by atoms with Crippen molar-refractivity contribution in [1.82, 2.24) is 4.98 Å². The van der Waals surface area contributed by atoms with Gasteiger partial charge in [-0.15, -0.1) is 11.3 Å². The molecule has 0 saturated heterocycles. The summed E-state index contributed by atoms with van der Waals surface area (Å²) >= 11 is 1.49. The Morgan fingerprint density at radius 3 is 2.86 bits per heavy atom. The number of nitrogens with zero attached hydrogens (tertiary/aromatic N) is 2. The van der Waals surface area contributed by atoms with Crippen molar-refractivity contribution in [2.75, 3.05) is 5.32 Å². The van der Waals surface area contributed by atoms with Crippen LogP contribution in [0.25, 0.3) is 5.57 Å². The number of anilines is 1. The molecule has 1 aromatic heterocycles. The molecule has 108 valence electrons. The average Bonchev–Trinajstić information content (AvgIpc) is 2.94. The highest BCUT2D eigenvalue weighted by Crippen LogP contribution is 2.27. The molecular weight excluding hydrogens is 278 g/mol. The van der Waals surface area contributed by atoms with Crippen LogP contribution in [0.2, 0.25) is 0 Å². The second kappa shape index (κ2) is 7.05. The van der Waals surface area contributed by atoms with Crippen molar-refractivity contribution in [1.29, 1.82) is 5.26 Å². The summed E-state index contributed by atoms with van der Waals surface area (Å²) in [5, 5.41) is 15.3. The Balaban J connectivity index is 2.26. The summed E-state index contributed by atoms with van der Waals surface area (Å²) in [6.07, 6.45) is 2.83. The van der Waals surface area contributed by atoms with Gasteiger partial charge in [0.15, 0.2) is 0 Å². The topological polar surface area (TPSA) is 48.7 Å². The molecule has 0 bridgehead atoms. The van der Waals surface area contributed by atoms with Crippen molar-refractivity contribution in [2.45, 2.75) is 33.1 Å². The number of para-hydroxylation sites is 1. The molecule has 0 fully saturated rings. The van der Waals surface area contributed by atoms with E-state index < -0.39 is 0 Å². The van der Waals surface area contributed by atoms with E-state index >= 15 is 0 Å². The van der Waals surface area contributed by atoms with Crippen LogP contribution in [0.3, 0.4) is 0 Å². The van der Waals surface area contributed by atoms with Gasteiger partial charge in [0.2, 0.25) is 0 Å². The Morgan fingerprint density at radius 2 is 2.24 bits per heavy atom. The first-order valence-electron chi connectivity index (χ1n) is 7.04. The van der Waals surface area contributed by atoms with Crippen LogP contribution >= 0.6 is 11.3 Å². The van der Waals surface area contributed by atoms with E-state index in [4.69, 9.17) is 0 Å². The number of aryl methyl sites for hydroxylation is 1. The largest absolute Gasteiger partial charge is 0.360 e. The Kier molecular flexibility index (Phi) is 5.13. The second-order valence-corrected chi connectivity index (χ2v) is 5.86. The first kappa shape index (κ1) is 15.3. The van der Waals surface area contributed by atoms with Gasteiger partial charge in [-0.1, -0.05) is 32.0 Å². The zero-order valence-electron chi connectivity index (χ0n) is 12.6. The number of nitriles is 1. The van der Waals surface area contributed by atoms with Crippen molar-refractivity contribution >= 4 is 22.6 Å². The van der Waals surface area contributed by atoms with Gasteiger partial charge in [0.1, 0.15) is 16.6 Å². The van der Waals surface area contributed by atoms with E-state index in [1.165, 1.54) is 16.9 Å². The molecule has 3 nitrogen and oxygen atoms in total. The van der Waals surface area contributed by atoms with Crippen LogP contribution < -0.4 is 5.32 Å². The Morgan fingerprint density at radius 1 is 1.48 bits per heavy atom. The van der Waals surface area contributed by atoms with E-state index in [1.807, 2.05) is 30.5 Å². The number of rotatable bonds is 5. The lowest BCUT2D eigenvalue weighted by Crippen LogP contribution is -1.99. The molecular formula is C17H19N3S. The molecule has 4 heteroatoms. The lowest BCUT2D eigenvalue weighted by molar-refractivity contribution is 0.735. The maximum Gasteiger partial charge on any atom is 0.135 e. The smallest absolute Gasteiger partial charge is 0.135 e. The molecule has 21 heavy (non-hydrogen) atoms. The number of benzene rings is 1. The van der Waals surface area contributed by atoms with Crippen molar-refractivity contribution in [3.8, 4) is 6.07 Å². The fraction of sp³-hybridized carbons (Fsp3) is 0.294. The summed E-state index contributed by atoms with van der Waals surface area (Å²) in [7, 11) is 0. The van der Waals surface area contributed by atoms with Gasteiger partial charge in [-0.25, -0.2) is 4.98 Å². The minimum Gasteiger partial charge on any atom is -0.360 e. The van der Waals surface area contributed by atoms with E-state index in [-0.39, 0.29) is 0 Å². The lowest BCUT2D eigenvalue weighted by atomic mass is 9.97. The molecule has 0 saturated carbocycles. The highest BCUT2D eigenvalue weighted by atomic mass is 32.1. The molecule has 1 N–H and O–H groups in total. The van der Waals surface area contributed by atoms with Gasteiger partial charge in [-0.2, -0.15) is 5.26 Å². The van der Waals surface area contributed by atoms with E-state index in [9.17, 15) is 5.26 Å². The Hall–Kier alpha value is -2.12. The van der Waals surface area contributed by atoms with Crippen LogP contribution in [0.4, 0.5) is 5.69 Å². The highest BCUT2D eigenvalue weighted by molar-refractivity contribution is 7.10. The minimum absolute atomic E-state index is 0.481. The van der Waals surface area contributed by atoms with E-state index in [2.05, 4.69) is 36.3 Å². The standard InChI is InChI=1S/C17H19N3S/c1-4-12(2)15-7-5-6-8-16(15)19-10-14(9-18)17-20-13(3)11-21-17/h5-8,10-12,19H,4H2,1-3H3/b14-10+/t12-/m0/s1. The molecule has 0 amide bonds. The van der Waals surface area contributed by atoms with Crippen molar-refractivity contribution in [3.05, 3.63) is 52.1 Å². The zero-order chi connectivity index (χ0) is 15.2. The van der Waals surface area contributed by atoms with Crippen LogP contribution in [0.5, 0.6) is 0 Å². The van der Waals surface area contributed by atoms with Crippen molar-refractivity contribution in [2.24, 2.45) is 0 Å². The predicted molar refractivity (Wildman–Crippen MR) is 89.2 cm³/mol. The maximum atomic E-state index is 9.30. The van der Waals surface area contributed by atoms with Gasteiger partial charge >= 0.3 is 0 Å². The van der Waals surface area contributed by atoms with Gasteiger partial charge in [0.05, 0.1) is 0 Å². The third kappa shape index (κ3) is 3.71. The summed E-state index contributed by atoms with van der Waals surface area (Å²) in [4.78, 5) is 4.36. The number of thiazole rings is 1. The maximum absolute atomic E-state index is 9.30. The fourth-order valence-corrected chi connectivity index (χ4v) is 2.81. The molecule has 2 aromatic rings. The normalized spacial score (nSPS) is 12.8. The van der Waals surface area contributed by atoms with Crippen molar-refractivity contribution in [3.63, 3.8) is 0 Å². The number of hydrogen-bond acceptors (Lipinski definition) is 4. The van der Waals surface area contributed by atoms with Gasteiger partial charge in [-0.05, 0) is 30.9 Å². The van der Waals surface area contributed by atoms with Crippen LogP contribution in [-0.4, -0.2) is 4.98 Å². The summed E-state index contributed by atoms with van der Waals surface area (Å²) in [5.41, 5.74) is 3.82. The minimum atomic E-state index is 0.481. The number of hydrogen-bond donors (Lipinski definition) is 1. The van der Waals surface area contributed by atoms with Gasteiger partial charge in [0, 0.05) is 23.0 Å². The molecule has 1 atom stereocenters. The molecule has 0 radical (unpaired) electrons. The number of nitrogens with one attached hydrogen (secondary N) is 1. The first-order valence-corrected chi connectivity index (χ1v) is 7.92.